The van der Waals surface area contributed by atoms with Gasteiger partial charge in [0.25, 0.3) is 0 Å². The maximum Gasteiger partial charge on any atom is 0.0408 e. The number of benzene rings is 1. The molecule has 0 amide bonds. The van der Waals surface area contributed by atoms with E-state index in [-0.39, 0.29) is 0 Å². The predicted molar refractivity (Wildman–Crippen MR) is 90.6 cm³/mol. The van der Waals surface area contributed by atoms with Crippen LogP contribution in [0.2, 0.25) is 5.02 Å². The molecule has 0 aliphatic carbocycles. The van der Waals surface area contributed by atoms with Gasteiger partial charge in [-0.2, -0.15) is 0 Å². The Morgan fingerprint density at radius 3 is 2.50 bits per heavy atom. The van der Waals surface area contributed by atoms with Gasteiger partial charge in [-0.05, 0) is 48.4 Å². The molecule has 0 aromatic heterocycles. The molecule has 0 bridgehead atoms. The SMILES string of the molecule is CCCC(C)CC(CNCC(C)C)c1cccc(Cl)c1. The molecule has 0 aliphatic heterocycles. The van der Waals surface area contributed by atoms with Gasteiger partial charge in [0, 0.05) is 11.6 Å². The molecule has 114 valence electrons. The van der Waals surface area contributed by atoms with Crippen molar-refractivity contribution in [3.05, 3.63) is 34.9 Å². The Hall–Kier alpha value is -0.530. The lowest BCUT2D eigenvalue weighted by atomic mass is 9.87. The van der Waals surface area contributed by atoms with E-state index in [4.69, 9.17) is 11.6 Å². The summed E-state index contributed by atoms with van der Waals surface area (Å²) in [5.74, 6) is 2.03. The molecule has 20 heavy (non-hydrogen) atoms. The van der Waals surface area contributed by atoms with Crippen LogP contribution in [0.3, 0.4) is 0 Å². The molecule has 2 unspecified atom stereocenters. The van der Waals surface area contributed by atoms with Crippen molar-refractivity contribution < 1.29 is 0 Å². The van der Waals surface area contributed by atoms with E-state index in [2.05, 4.69) is 51.2 Å². The van der Waals surface area contributed by atoms with E-state index in [0.717, 1.165) is 24.0 Å². The summed E-state index contributed by atoms with van der Waals surface area (Å²) in [6, 6.07) is 8.37. The minimum atomic E-state index is 0.564. The minimum Gasteiger partial charge on any atom is -0.316 e. The third kappa shape index (κ3) is 6.76. The van der Waals surface area contributed by atoms with Crippen LogP contribution in [0, 0.1) is 11.8 Å². The minimum absolute atomic E-state index is 0.564. The number of hydrogen-bond acceptors (Lipinski definition) is 1. The lowest BCUT2D eigenvalue weighted by Crippen LogP contribution is -2.26. The molecule has 2 heteroatoms. The number of rotatable bonds is 9. The second-order valence-electron chi connectivity index (χ2n) is 6.43. The lowest BCUT2D eigenvalue weighted by molar-refractivity contribution is 0.412. The molecule has 0 fully saturated rings. The van der Waals surface area contributed by atoms with Crippen molar-refractivity contribution in [1.29, 1.82) is 0 Å². The highest BCUT2D eigenvalue weighted by Crippen LogP contribution is 2.27. The van der Waals surface area contributed by atoms with Gasteiger partial charge in [0.15, 0.2) is 0 Å². The van der Waals surface area contributed by atoms with Gasteiger partial charge in [0.2, 0.25) is 0 Å². The lowest BCUT2D eigenvalue weighted by Gasteiger charge is -2.22. The van der Waals surface area contributed by atoms with Gasteiger partial charge in [0.05, 0.1) is 0 Å². The van der Waals surface area contributed by atoms with Crippen molar-refractivity contribution >= 4 is 11.6 Å². The normalized spacial score (nSPS) is 14.5. The van der Waals surface area contributed by atoms with Crippen molar-refractivity contribution in [3.8, 4) is 0 Å². The second kappa shape index (κ2) is 9.41. The zero-order chi connectivity index (χ0) is 15.0. The first-order chi connectivity index (χ1) is 9.52. The smallest absolute Gasteiger partial charge is 0.0408 e. The molecule has 1 rings (SSSR count). The second-order valence-corrected chi connectivity index (χ2v) is 6.87. The van der Waals surface area contributed by atoms with Crippen LogP contribution in [0.15, 0.2) is 24.3 Å². The van der Waals surface area contributed by atoms with Gasteiger partial charge in [-0.15, -0.1) is 0 Å². The van der Waals surface area contributed by atoms with Crippen LogP contribution in [0.25, 0.3) is 0 Å². The van der Waals surface area contributed by atoms with E-state index in [0.29, 0.717) is 11.8 Å². The number of nitrogens with one attached hydrogen (secondary N) is 1. The van der Waals surface area contributed by atoms with Crippen molar-refractivity contribution in [2.75, 3.05) is 13.1 Å². The van der Waals surface area contributed by atoms with Crippen molar-refractivity contribution in [1.82, 2.24) is 5.32 Å². The molecule has 0 spiro atoms. The van der Waals surface area contributed by atoms with Crippen LogP contribution in [0.1, 0.15) is 58.4 Å². The fourth-order valence-corrected chi connectivity index (χ4v) is 2.94. The Labute approximate surface area is 130 Å². The topological polar surface area (TPSA) is 12.0 Å². The maximum absolute atomic E-state index is 6.15. The summed E-state index contributed by atoms with van der Waals surface area (Å²) < 4.78 is 0. The van der Waals surface area contributed by atoms with E-state index in [1.54, 1.807) is 0 Å². The van der Waals surface area contributed by atoms with Gasteiger partial charge in [0.1, 0.15) is 0 Å². The quantitative estimate of drug-likeness (QED) is 0.634. The molecular weight excluding hydrogens is 266 g/mol. The van der Waals surface area contributed by atoms with Gasteiger partial charge in [-0.3, -0.25) is 0 Å². The number of halogens is 1. The first-order valence-corrected chi connectivity index (χ1v) is 8.36. The summed E-state index contributed by atoms with van der Waals surface area (Å²) in [4.78, 5) is 0. The zero-order valence-electron chi connectivity index (χ0n) is 13.5. The molecular formula is C18H30ClN. The average Bonchev–Trinajstić information content (AvgIpc) is 2.37. The van der Waals surface area contributed by atoms with Gasteiger partial charge < -0.3 is 5.32 Å². The Kier molecular flexibility index (Phi) is 8.25. The molecule has 0 heterocycles. The molecule has 0 saturated heterocycles. The largest absolute Gasteiger partial charge is 0.316 e. The highest BCUT2D eigenvalue weighted by molar-refractivity contribution is 6.30. The van der Waals surface area contributed by atoms with Crippen molar-refractivity contribution in [2.24, 2.45) is 11.8 Å². The van der Waals surface area contributed by atoms with E-state index in [1.165, 1.54) is 24.8 Å². The summed E-state index contributed by atoms with van der Waals surface area (Å²) in [6.07, 6.45) is 3.81. The maximum atomic E-state index is 6.15. The Morgan fingerprint density at radius 2 is 1.90 bits per heavy atom. The predicted octanol–water partition coefficient (Wildman–Crippen LogP) is 5.50. The van der Waals surface area contributed by atoms with Crippen LogP contribution in [-0.2, 0) is 0 Å². The Bertz CT molecular complexity index is 375. The summed E-state index contributed by atoms with van der Waals surface area (Å²) in [5, 5.41) is 4.45. The van der Waals surface area contributed by atoms with Gasteiger partial charge in [-0.1, -0.05) is 64.3 Å². The van der Waals surface area contributed by atoms with Crippen molar-refractivity contribution in [3.63, 3.8) is 0 Å². The molecule has 1 aromatic rings. The van der Waals surface area contributed by atoms with E-state index in [1.807, 2.05) is 6.07 Å². The molecule has 1 aromatic carbocycles. The molecule has 2 atom stereocenters. The third-order valence-corrected chi connectivity index (χ3v) is 3.97. The van der Waals surface area contributed by atoms with E-state index in [9.17, 15) is 0 Å². The van der Waals surface area contributed by atoms with Crippen molar-refractivity contribution in [2.45, 2.75) is 52.9 Å². The molecule has 0 aliphatic rings. The zero-order valence-corrected chi connectivity index (χ0v) is 14.2. The van der Waals surface area contributed by atoms with E-state index >= 15 is 0 Å². The fraction of sp³-hybridized carbons (Fsp3) is 0.667. The third-order valence-electron chi connectivity index (χ3n) is 3.73. The highest BCUT2D eigenvalue weighted by atomic mass is 35.5. The number of hydrogen-bond donors (Lipinski definition) is 1. The Balaban J connectivity index is 2.67. The van der Waals surface area contributed by atoms with Crippen LogP contribution >= 0.6 is 11.6 Å². The summed E-state index contributed by atoms with van der Waals surface area (Å²) in [6.45, 7) is 11.3. The summed E-state index contributed by atoms with van der Waals surface area (Å²) >= 11 is 6.15. The monoisotopic (exact) mass is 295 g/mol. The molecule has 0 saturated carbocycles. The van der Waals surface area contributed by atoms with Crippen LogP contribution in [0.4, 0.5) is 0 Å². The molecule has 1 N–H and O–H groups in total. The summed E-state index contributed by atoms with van der Waals surface area (Å²) in [5.41, 5.74) is 1.37. The van der Waals surface area contributed by atoms with Gasteiger partial charge in [-0.25, -0.2) is 0 Å². The first kappa shape index (κ1) is 17.5. The highest BCUT2D eigenvalue weighted by Gasteiger charge is 2.15. The summed E-state index contributed by atoms with van der Waals surface area (Å²) in [7, 11) is 0. The Morgan fingerprint density at radius 1 is 1.15 bits per heavy atom. The fourth-order valence-electron chi connectivity index (χ4n) is 2.74. The van der Waals surface area contributed by atoms with Crippen LogP contribution < -0.4 is 5.32 Å². The van der Waals surface area contributed by atoms with Crippen LogP contribution in [0.5, 0.6) is 0 Å². The van der Waals surface area contributed by atoms with Gasteiger partial charge >= 0.3 is 0 Å². The first-order valence-electron chi connectivity index (χ1n) is 7.99. The standard InChI is InChI=1S/C18H30ClN/c1-5-7-15(4)10-17(13-20-12-14(2)3)16-8-6-9-18(19)11-16/h6,8-9,11,14-15,17,20H,5,7,10,12-13H2,1-4H3. The van der Waals surface area contributed by atoms with E-state index < -0.39 is 0 Å². The molecule has 1 nitrogen and oxygen atoms in total. The average molecular weight is 296 g/mol. The molecule has 0 radical (unpaired) electrons. The van der Waals surface area contributed by atoms with Crippen LogP contribution in [-0.4, -0.2) is 13.1 Å².